The first-order valence-electron chi connectivity index (χ1n) is 4.24. The second kappa shape index (κ2) is 4.60. The summed E-state index contributed by atoms with van der Waals surface area (Å²) in [6, 6.07) is 1.70. The minimum absolute atomic E-state index is 0.0454. The van der Waals surface area contributed by atoms with Crippen molar-refractivity contribution in [2.24, 2.45) is 0 Å². The number of ketones is 1. The number of Topliss-reactive ketones (excluding diaryl/α,β-unsaturated/α-hetero) is 1. The molecule has 1 heterocycles. The number of hydrogen-bond acceptors (Lipinski definition) is 4. The Kier molecular flexibility index (Phi) is 3.45. The maximum absolute atomic E-state index is 10.9. The molecule has 0 radical (unpaired) electrons. The zero-order valence-electron chi connectivity index (χ0n) is 8.53. The van der Waals surface area contributed by atoms with Crippen LogP contribution < -0.4 is 9.47 Å². The summed E-state index contributed by atoms with van der Waals surface area (Å²) in [6.45, 7) is 1.51. The van der Waals surface area contributed by atoms with Gasteiger partial charge in [0.2, 0.25) is 0 Å². The second-order valence-electron chi connectivity index (χ2n) is 2.87. The third-order valence-corrected chi connectivity index (χ3v) is 1.78. The maximum Gasteiger partial charge on any atom is 0.182 e. The molecule has 0 aliphatic heterocycles. The molecular weight excluding hydrogens is 182 g/mol. The molecule has 4 heteroatoms. The Morgan fingerprint density at radius 1 is 1.43 bits per heavy atom. The minimum atomic E-state index is 0.0454. The summed E-state index contributed by atoms with van der Waals surface area (Å²) in [5.41, 5.74) is 0.611. The highest BCUT2D eigenvalue weighted by Gasteiger charge is 2.11. The van der Waals surface area contributed by atoms with Crippen molar-refractivity contribution in [3.63, 3.8) is 0 Å². The lowest BCUT2D eigenvalue weighted by Gasteiger charge is -2.10. The van der Waals surface area contributed by atoms with Crippen LogP contribution in [-0.2, 0) is 11.2 Å². The van der Waals surface area contributed by atoms with E-state index in [4.69, 9.17) is 9.47 Å². The Morgan fingerprint density at radius 2 is 2.14 bits per heavy atom. The molecule has 1 aromatic rings. The quantitative estimate of drug-likeness (QED) is 0.725. The summed E-state index contributed by atoms with van der Waals surface area (Å²) < 4.78 is 10.2. The van der Waals surface area contributed by atoms with E-state index in [1.54, 1.807) is 19.4 Å². The molecule has 0 saturated heterocycles. The van der Waals surface area contributed by atoms with E-state index in [2.05, 4.69) is 4.98 Å². The second-order valence-corrected chi connectivity index (χ2v) is 2.87. The predicted molar refractivity (Wildman–Crippen MR) is 51.7 cm³/mol. The number of nitrogens with zero attached hydrogens (tertiary/aromatic N) is 1. The van der Waals surface area contributed by atoms with E-state index in [1.165, 1.54) is 14.0 Å². The average Bonchev–Trinajstić information content (AvgIpc) is 2.16. The van der Waals surface area contributed by atoms with Crippen molar-refractivity contribution in [3.8, 4) is 11.5 Å². The van der Waals surface area contributed by atoms with Crippen molar-refractivity contribution >= 4 is 5.78 Å². The molecule has 4 nitrogen and oxygen atoms in total. The standard InChI is InChI=1S/C10H13NO3/c1-7(12)6-8-10(14-3)9(13-2)4-5-11-8/h4-5H,6H2,1-3H3. The highest BCUT2D eigenvalue weighted by atomic mass is 16.5. The number of carbonyl (C=O) groups excluding carboxylic acids is 1. The molecule has 0 N–H and O–H groups in total. The van der Waals surface area contributed by atoms with Gasteiger partial charge in [-0.05, 0) is 6.92 Å². The summed E-state index contributed by atoms with van der Waals surface area (Å²) in [5, 5.41) is 0. The molecule has 0 fully saturated rings. The summed E-state index contributed by atoms with van der Waals surface area (Å²) in [7, 11) is 3.08. The first kappa shape index (κ1) is 10.5. The van der Waals surface area contributed by atoms with Crippen molar-refractivity contribution < 1.29 is 14.3 Å². The zero-order valence-corrected chi connectivity index (χ0v) is 8.53. The fourth-order valence-corrected chi connectivity index (χ4v) is 1.21. The van der Waals surface area contributed by atoms with Gasteiger partial charge in [0.25, 0.3) is 0 Å². The molecule has 0 aliphatic rings. The number of rotatable bonds is 4. The van der Waals surface area contributed by atoms with Crippen LogP contribution in [0.2, 0.25) is 0 Å². The van der Waals surface area contributed by atoms with Crippen LogP contribution in [0.1, 0.15) is 12.6 Å². The van der Waals surface area contributed by atoms with Gasteiger partial charge in [-0.3, -0.25) is 9.78 Å². The van der Waals surface area contributed by atoms with E-state index in [0.717, 1.165) is 0 Å². The molecular formula is C10H13NO3. The van der Waals surface area contributed by atoms with Crippen molar-refractivity contribution in [2.45, 2.75) is 13.3 Å². The summed E-state index contributed by atoms with van der Waals surface area (Å²) in [5.74, 6) is 1.17. The lowest BCUT2D eigenvalue weighted by molar-refractivity contribution is -0.116. The summed E-state index contributed by atoms with van der Waals surface area (Å²) >= 11 is 0. The predicted octanol–water partition coefficient (Wildman–Crippen LogP) is 1.23. The Morgan fingerprint density at radius 3 is 2.64 bits per heavy atom. The number of methoxy groups -OCH3 is 2. The summed E-state index contributed by atoms with van der Waals surface area (Å²) in [6.07, 6.45) is 1.86. The van der Waals surface area contributed by atoms with Gasteiger partial charge in [0, 0.05) is 12.3 Å². The van der Waals surface area contributed by atoms with Gasteiger partial charge in [-0.2, -0.15) is 0 Å². The van der Waals surface area contributed by atoms with Crippen molar-refractivity contribution in [3.05, 3.63) is 18.0 Å². The molecule has 0 unspecified atom stereocenters. The normalized spacial score (nSPS) is 9.64. The lowest BCUT2D eigenvalue weighted by Crippen LogP contribution is -2.03. The Hall–Kier alpha value is -1.58. The van der Waals surface area contributed by atoms with E-state index in [-0.39, 0.29) is 12.2 Å². The van der Waals surface area contributed by atoms with E-state index in [1.807, 2.05) is 0 Å². The molecule has 0 saturated carbocycles. The maximum atomic E-state index is 10.9. The van der Waals surface area contributed by atoms with E-state index >= 15 is 0 Å². The number of hydrogen-bond donors (Lipinski definition) is 0. The number of carbonyl (C=O) groups is 1. The summed E-state index contributed by atoms with van der Waals surface area (Å²) in [4.78, 5) is 15.0. The molecule has 0 aliphatic carbocycles. The fraction of sp³-hybridized carbons (Fsp3) is 0.400. The number of aromatic nitrogens is 1. The molecule has 0 bridgehead atoms. The Balaban J connectivity index is 3.08. The number of pyridine rings is 1. The van der Waals surface area contributed by atoms with Crippen LogP contribution in [0.15, 0.2) is 12.3 Å². The molecule has 76 valence electrons. The van der Waals surface area contributed by atoms with Crippen LogP contribution in [0, 0.1) is 0 Å². The molecule has 0 spiro atoms. The van der Waals surface area contributed by atoms with E-state index in [9.17, 15) is 4.79 Å². The third kappa shape index (κ3) is 2.22. The van der Waals surface area contributed by atoms with E-state index < -0.39 is 0 Å². The van der Waals surface area contributed by atoms with Crippen LogP contribution in [0.4, 0.5) is 0 Å². The third-order valence-electron chi connectivity index (χ3n) is 1.78. The van der Waals surface area contributed by atoms with Crippen molar-refractivity contribution in [1.82, 2.24) is 4.98 Å². The van der Waals surface area contributed by atoms with Crippen LogP contribution in [0.25, 0.3) is 0 Å². The smallest absolute Gasteiger partial charge is 0.182 e. The van der Waals surface area contributed by atoms with Crippen LogP contribution in [-0.4, -0.2) is 25.0 Å². The highest BCUT2D eigenvalue weighted by Crippen LogP contribution is 2.29. The molecule has 0 amide bonds. The fourth-order valence-electron chi connectivity index (χ4n) is 1.21. The van der Waals surface area contributed by atoms with Crippen LogP contribution >= 0.6 is 0 Å². The lowest BCUT2D eigenvalue weighted by atomic mass is 10.2. The topological polar surface area (TPSA) is 48.4 Å². The molecule has 1 aromatic heterocycles. The Bertz CT molecular complexity index is 336. The molecule has 14 heavy (non-hydrogen) atoms. The van der Waals surface area contributed by atoms with Gasteiger partial charge >= 0.3 is 0 Å². The monoisotopic (exact) mass is 195 g/mol. The van der Waals surface area contributed by atoms with Gasteiger partial charge in [0.1, 0.15) is 5.78 Å². The SMILES string of the molecule is COc1ccnc(CC(C)=O)c1OC. The van der Waals surface area contributed by atoms with Crippen LogP contribution in [0.5, 0.6) is 11.5 Å². The van der Waals surface area contributed by atoms with Crippen molar-refractivity contribution in [2.75, 3.05) is 14.2 Å². The van der Waals surface area contributed by atoms with Gasteiger partial charge in [-0.1, -0.05) is 0 Å². The minimum Gasteiger partial charge on any atom is -0.493 e. The average molecular weight is 195 g/mol. The van der Waals surface area contributed by atoms with Crippen LogP contribution in [0.3, 0.4) is 0 Å². The Labute approximate surface area is 82.9 Å². The molecule has 1 rings (SSSR count). The highest BCUT2D eigenvalue weighted by molar-refractivity contribution is 5.78. The van der Waals surface area contributed by atoms with Gasteiger partial charge in [-0.25, -0.2) is 0 Å². The molecule has 0 aromatic carbocycles. The van der Waals surface area contributed by atoms with Gasteiger partial charge < -0.3 is 9.47 Å². The first-order chi connectivity index (χ1) is 6.69. The number of ether oxygens (including phenoxy) is 2. The molecule has 0 atom stereocenters. The van der Waals surface area contributed by atoms with Gasteiger partial charge in [0.15, 0.2) is 11.5 Å². The van der Waals surface area contributed by atoms with Gasteiger partial charge in [0.05, 0.1) is 26.3 Å². The zero-order chi connectivity index (χ0) is 10.6. The first-order valence-corrected chi connectivity index (χ1v) is 4.24. The van der Waals surface area contributed by atoms with Gasteiger partial charge in [-0.15, -0.1) is 0 Å². The van der Waals surface area contributed by atoms with Crippen molar-refractivity contribution in [1.29, 1.82) is 0 Å². The van der Waals surface area contributed by atoms with E-state index in [0.29, 0.717) is 17.2 Å². The largest absolute Gasteiger partial charge is 0.493 e.